The van der Waals surface area contributed by atoms with Crippen LogP contribution in [0.1, 0.15) is 60.9 Å². The van der Waals surface area contributed by atoms with Gasteiger partial charge in [-0.3, -0.25) is 0 Å². The van der Waals surface area contributed by atoms with Crippen LogP contribution in [0.5, 0.6) is 0 Å². The first-order valence-electron chi connectivity index (χ1n) is 7.43. The Labute approximate surface area is 112 Å². The molecule has 1 N–H and O–H groups in total. The molecule has 1 unspecified atom stereocenters. The van der Waals surface area contributed by atoms with E-state index in [-0.39, 0.29) is 0 Å². The highest BCUT2D eigenvalue weighted by Gasteiger charge is 2.26. The third-order valence-electron chi connectivity index (χ3n) is 4.16. The predicted octanol–water partition coefficient (Wildman–Crippen LogP) is 4.45. The summed E-state index contributed by atoms with van der Waals surface area (Å²) in [6, 6.07) is 5.32. The van der Waals surface area contributed by atoms with Crippen LogP contribution in [-0.2, 0) is 0 Å². The van der Waals surface area contributed by atoms with Gasteiger partial charge in [0.25, 0.3) is 0 Å². The van der Waals surface area contributed by atoms with Crippen molar-refractivity contribution in [2.45, 2.75) is 59.4 Å². The zero-order valence-corrected chi connectivity index (χ0v) is 12.3. The van der Waals surface area contributed by atoms with E-state index in [9.17, 15) is 0 Å². The molecule has 0 saturated heterocycles. The van der Waals surface area contributed by atoms with Crippen LogP contribution in [-0.4, -0.2) is 6.54 Å². The van der Waals surface area contributed by atoms with E-state index < -0.39 is 0 Å². The lowest BCUT2D eigenvalue weighted by Gasteiger charge is -2.22. The number of aryl methyl sites for hydroxylation is 3. The fraction of sp³-hybridized carbons (Fsp3) is 0.647. The molecule has 2 rings (SSSR count). The second kappa shape index (κ2) is 5.88. The van der Waals surface area contributed by atoms with Gasteiger partial charge in [-0.2, -0.15) is 0 Å². The quantitative estimate of drug-likeness (QED) is 0.780. The van der Waals surface area contributed by atoms with Crippen LogP contribution in [0.3, 0.4) is 0 Å². The van der Waals surface area contributed by atoms with Gasteiger partial charge in [-0.1, -0.05) is 31.9 Å². The van der Waals surface area contributed by atoms with Crippen LogP contribution >= 0.6 is 0 Å². The molecule has 1 atom stereocenters. The van der Waals surface area contributed by atoms with Gasteiger partial charge < -0.3 is 5.32 Å². The van der Waals surface area contributed by atoms with E-state index in [2.05, 4.69) is 45.1 Å². The van der Waals surface area contributed by atoms with Crippen LogP contribution in [0.4, 0.5) is 0 Å². The van der Waals surface area contributed by atoms with Gasteiger partial charge in [-0.05, 0) is 68.3 Å². The van der Waals surface area contributed by atoms with Crippen molar-refractivity contribution in [1.82, 2.24) is 5.32 Å². The molecule has 0 amide bonds. The van der Waals surface area contributed by atoms with Crippen LogP contribution < -0.4 is 5.32 Å². The molecule has 1 aliphatic carbocycles. The molecule has 1 saturated carbocycles. The van der Waals surface area contributed by atoms with E-state index >= 15 is 0 Å². The normalized spacial score (nSPS) is 16.9. The summed E-state index contributed by atoms with van der Waals surface area (Å²) in [6.45, 7) is 10.1. The molecule has 1 nitrogen and oxygen atoms in total. The maximum absolute atomic E-state index is 3.74. The molecule has 18 heavy (non-hydrogen) atoms. The van der Waals surface area contributed by atoms with Crippen LogP contribution in [0.15, 0.2) is 12.1 Å². The number of benzene rings is 1. The Hall–Kier alpha value is -0.820. The predicted molar refractivity (Wildman–Crippen MR) is 79.0 cm³/mol. The van der Waals surface area contributed by atoms with Crippen molar-refractivity contribution in [3.63, 3.8) is 0 Å². The fourth-order valence-corrected chi connectivity index (χ4v) is 2.68. The van der Waals surface area contributed by atoms with Crippen molar-refractivity contribution in [2.75, 3.05) is 6.54 Å². The first-order chi connectivity index (χ1) is 8.61. The minimum absolute atomic E-state index is 0.566. The molecule has 1 aromatic carbocycles. The lowest BCUT2D eigenvalue weighted by molar-refractivity contribution is 0.472. The van der Waals surface area contributed by atoms with Gasteiger partial charge in [0.2, 0.25) is 0 Å². The van der Waals surface area contributed by atoms with Gasteiger partial charge in [-0.25, -0.2) is 0 Å². The van der Waals surface area contributed by atoms with Crippen molar-refractivity contribution in [3.05, 3.63) is 34.4 Å². The number of nitrogens with one attached hydrogen (secondary N) is 1. The Bertz CT molecular complexity index is 404. The largest absolute Gasteiger partial charge is 0.310 e. The first kappa shape index (κ1) is 13.6. The fourth-order valence-electron chi connectivity index (χ4n) is 2.68. The lowest BCUT2D eigenvalue weighted by Crippen LogP contribution is -2.23. The van der Waals surface area contributed by atoms with E-state index in [4.69, 9.17) is 0 Å². The molecule has 1 fully saturated rings. The van der Waals surface area contributed by atoms with Gasteiger partial charge in [-0.15, -0.1) is 0 Å². The summed E-state index contributed by atoms with van der Waals surface area (Å²) in [4.78, 5) is 0. The Kier molecular flexibility index (Phi) is 4.45. The summed E-state index contributed by atoms with van der Waals surface area (Å²) in [5.41, 5.74) is 5.82. The van der Waals surface area contributed by atoms with Gasteiger partial charge in [0.1, 0.15) is 0 Å². The highest BCUT2D eigenvalue weighted by molar-refractivity contribution is 5.38. The van der Waals surface area contributed by atoms with Crippen molar-refractivity contribution in [2.24, 2.45) is 5.92 Å². The maximum atomic E-state index is 3.74. The molecule has 0 aliphatic heterocycles. The molecule has 1 heteroatoms. The van der Waals surface area contributed by atoms with Gasteiger partial charge >= 0.3 is 0 Å². The molecule has 0 heterocycles. The second-order valence-electron chi connectivity index (χ2n) is 5.98. The van der Waals surface area contributed by atoms with E-state index in [0.717, 1.165) is 12.5 Å². The van der Waals surface area contributed by atoms with Gasteiger partial charge in [0.05, 0.1) is 0 Å². The molecular weight excluding hydrogens is 218 g/mol. The summed E-state index contributed by atoms with van der Waals surface area (Å²) >= 11 is 0. The third kappa shape index (κ3) is 3.35. The summed E-state index contributed by atoms with van der Waals surface area (Å²) in [5.74, 6) is 0.973. The summed E-state index contributed by atoms with van der Waals surface area (Å²) < 4.78 is 0. The average Bonchev–Trinajstić information content (AvgIpc) is 3.13. The first-order valence-corrected chi connectivity index (χ1v) is 7.43. The average molecular weight is 245 g/mol. The van der Waals surface area contributed by atoms with Crippen LogP contribution in [0.25, 0.3) is 0 Å². The van der Waals surface area contributed by atoms with Crippen molar-refractivity contribution in [3.8, 4) is 0 Å². The summed E-state index contributed by atoms with van der Waals surface area (Å²) in [5, 5.41) is 3.74. The molecule has 1 aromatic rings. The lowest BCUT2D eigenvalue weighted by atomic mass is 9.93. The molecular formula is C17H27N. The Balaban J connectivity index is 2.19. The summed E-state index contributed by atoms with van der Waals surface area (Å²) in [6.07, 6.45) is 5.41. The van der Waals surface area contributed by atoms with Crippen molar-refractivity contribution >= 4 is 0 Å². The van der Waals surface area contributed by atoms with E-state index in [1.807, 2.05) is 0 Å². The van der Waals surface area contributed by atoms with E-state index in [1.54, 1.807) is 0 Å². The van der Waals surface area contributed by atoms with Crippen LogP contribution in [0.2, 0.25) is 0 Å². The second-order valence-corrected chi connectivity index (χ2v) is 5.98. The minimum atomic E-state index is 0.566. The molecule has 1 aliphatic rings. The highest BCUT2D eigenvalue weighted by Crippen LogP contribution is 2.38. The zero-order valence-electron chi connectivity index (χ0n) is 12.3. The Morgan fingerprint density at radius 3 is 2.39 bits per heavy atom. The summed E-state index contributed by atoms with van der Waals surface area (Å²) in [7, 11) is 0. The number of rotatable bonds is 6. The molecule has 0 aromatic heterocycles. The molecule has 0 bridgehead atoms. The molecule has 100 valence electrons. The smallest absolute Gasteiger partial charge is 0.0325 e. The number of hydrogen-bond donors (Lipinski definition) is 1. The third-order valence-corrected chi connectivity index (χ3v) is 4.16. The van der Waals surface area contributed by atoms with E-state index in [0.29, 0.717) is 6.04 Å². The standard InChI is InChI=1S/C17H27N/c1-5-8-18-17(11-15-6-7-15)16-10-13(3)12(2)9-14(16)4/h9-10,15,17-18H,5-8,11H2,1-4H3. The van der Waals surface area contributed by atoms with Crippen LogP contribution in [0, 0.1) is 26.7 Å². The zero-order chi connectivity index (χ0) is 13.1. The number of hydrogen-bond acceptors (Lipinski definition) is 1. The SMILES string of the molecule is CCCNC(CC1CC1)c1cc(C)c(C)cc1C. The highest BCUT2D eigenvalue weighted by atomic mass is 14.9. The molecule has 0 radical (unpaired) electrons. The van der Waals surface area contributed by atoms with Gasteiger partial charge in [0.15, 0.2) is 0 Å². The topological polar surface area (TPSA) is 12.0 Å². The van der Waals surface area contributed by atoms with Gasteiger partial charge in [0, 0.05) is 6.04 Å². The minimum Gasteiger partial charge on any atom is -0.310 e. The molecule has 0 spiro atoms. The van der Waals surface area contributed by atoms with E-state index in [1.165, 1.54) is 47.9 Å². The Morgan fingerprint density at radius 2 is 1.78 bits per heavy atom. The van der Waals surface area contributed by atoms with Crippen molar-refractivity contribution < 1.29 is 0 Å². The monoisotopic (exact) mass is 245 g/mol. The maximum Gasteiger partial charge on any atom is 0.0325 e. The van der Waals surface area contributed by atoms with Crippen molar-refractivity contribution in [1.29, 1.82) is 0 Å². The Morgan fingerprint density at radius 1 is 1.11 bits per heavy atom.